The molecule has 0 aliphatic carbocycles. The van der Waals surface area contributed by atoms with Crippen LogP contribution in [0.3, 0.4) is 0 Å². The zero-order valence-electron chi connectivity index (χ0n) is 22.4. The normalized spacial score (nSPS) is 17.8. The lowest BCUT2D eigenvalue weighted by Crippen LogP contribution is -2.51. The van der Waals surface area contributed by atoms with E-state index in [9.17, 15) is 23.1 Å². The number of nitrogens with zero attached hydrogens (tertiary/aromatic N) is 1. The van der Waals surface area contributed by atoms with E-state index in [-0.39, 0.29) is 53.9 Å². The van der Waals surface area contributed by atoms with Gasteiger partial charge in [-0.2, -0.15) is 13.2 Å². The Morgan fingerprint density at radius 2 is 1.95 bits per heavy atom. The monoisotopic (exact) mass is 595 g/mol. The van der Waals surface area contributed by atoms with Gasteiger partial charge in [-0.3, -0.25) is 4.79 Å². The standard InChI is InChI=1S/C28H29ClF3N3O6/c1-15-4-5-16(10-19(15)29)23-24-18(26(2,33)14-41-24)12-22(35-23)27(38,28(30,31)32)13-34-25(37)17-6-7-20(40-9-8-36)21(11-17)39-3/h4-7,10-12,36,38H,8-9,13-14,33H2,1-3H3,(H,34,37). The Hall–Kier alpha value is -3.58. The Balaban J connectivity index is 1.73. The number of alkyl halides is 3. The van der Waals surface area contributed by atoms with Gasteiger partial charge in [0.1, 0.15) is 18.9 Å². The average Bonchev–Trinajstić information content (AvgIpc) is 3.24. The lowest BCUT2D eigenvalue weighted by Gasteiger charge is -2.31. The number of aliphatic hydroxyl groups is 2. The van der Waals surface area contributed by atoms with Crippen LogP contribution in [0.2, 0.25) is 5.02 Å². The summed E-state index contributed by atoms with van der Waals surface area (Å²) in [6, 6.07) is 9.84. The highest BCUT2D eigenvalue weighted by Crippen LogP contribution is 2.46. The summed E-state index contributed by atoms with van der Waals surface area (Å²) in [5, 5.41) is 22.6. The van der Waals surface area contributed by atoms with E-state index in [0.717, 1.165) is 11.6 Å². The number of ether oxygens (including phenoxy) is 3. The second-order valence-corrected chi connectivity index (χ2v) is 10.3. The van der Waals surface area contributed by atoms with Gasteiger partial charge in [-0.15, -0.1) is 0 Å². The summed E-state index contributed by atoms with van der Waals surface area (Å²) in [4.78, 5) is 17.1. The van der Waals surface area contributed by atoms with Crippen molar-refractivity contribution < 1.29 is 42.4 Å². The predicted octanol–water partition coefficient (Wildman–Crippen LogP) is 3.84. The molecule has 1 aromatic heterocycles. The number of carbonyl (C=O) groups is 1. The number of fused-ring (bicyclic) bond motifs is 1. The Bertz CT molecular complexity index is 1470. The first kappa shape index (κ1) is 30.4. The minimum Gasteiger partial charge on any atom is -0.493 e. The number of carbonyl (C=O) groups excluding carboxylic acids is 1. The lowest BCUT2D eigenvalue weighted by atomic mass is 9.89. The van der Waals surface area contributed by atoms with Crippen LogP contribution in [0.1, 0.15) is 34.1 Å². The molecule has 2 atom stereocenters. The van der Waals surface area contributed by atoms with Crippen LogP contribution in [0.4, 0.5) is 13.2 Å². The molecule has 9 nitrogen and oxygen atoms in total. The smallest absolute Gasteiger partial charge is 0.424 e. The van der Waals surface area contributed by atoms with Crippen molar-refractivity contribution in [3.63, 3.8) is 0 Å². The Morgan fingerprint density at radius 1 is 1.22 bits per heavy atom. The second kappa shape index (κ2) is 11.4. The molecule has 0 fully saturated rings. The fraction of sp³-hybridized carbons (Fsp3) is 0.357. The van der Waals surface area contributed by atoms with Crippen LogP contribution in [0.15, 0.2) is 42.5 Å². The SMILES string of the molecule is COc1cc(C(=O)NCC(O)(c2cc3c(c(-c4ccc(C)c(Cl)c4)n2)OCC3(C)N)C(F)(F)F)ccc1OCCO. The maximum absolute atomic E-state index is 14.5. The molecule has 2 unspecified atom stereocenters. The lowest BCUT2D eigenvalue weighted by molar-refractivity contribution is -0.265. The number of pyridine rings is 1. The molecule has 1 aliphatic heterocycles. The van der Waals surface area contributed by atoms with E-state index < -0.39 is 35.5 Å². The van der Waals surface area contributed by atoms with Gasteiger partial charge in [0.05, 0.1) is 31.5 Å². The Labute approximate surface area is 239 Å². The van der Waals surface area contributed by atoms with Crippen molar-refractivity contribution in [2.24, 2.45) is 5.73 Å². The predicted molar refractivity (Wildman–Crippen MR) is 144 cm³/mol. The van der Waals surface area contributed by atoms with E-state index in [0.29, 0.717) is 10.6 Å². The third-order valence-corrected chi connectivity index (χ3v) is 7.13. The van der Waals surface area contributed by atoms with E-state index in [1.165, 1.54) is 31.4 Å². The van der Waals surface area contributed by atoms with Crippen LogP contribution in [-0.4, -0.2) is 60.8 Å². The van der Waals surface area contributed by atoms with Gasteiger partial charge in [-0.25, -0.2) is 4.98 Å². The molecule has 4 rings (SSSR count). The van der Waals surface area contributed by atoms with Crippen LogP contribution >= 0.6 is 11.6 Å². The van der Waals surface area contributed by atoms with Gasteiger partial charge in [0.25, 0.3) is 5.91 Å². The van der Waals surface area contributed by atoms with Crippen LogP contribution < -0.4 is 25.3 Å². The van der Waals surface area contributed by atoms with E-state index >= 15 is 0 Å². The number of nitrogens with one attached hydrogen (secondary N) is 1. The minimum atomic E-state index is -5.26. The number of amides is 1. The molecule has 220 valence electrons. The highest BCUT2D eigenvalue weighted by molar-refractivity contribution is 6.31. The van der Waals surface area contributed by atoms with Crippen molar-refractivity contribution in [3.05, 3.63) is 69.9 Å². The van der Waals surface area contributed by atoms with Crippen molar-refractivity contribution in [3.8, 4) is 28.5 Å². The fourth-order valence-corrected chi connectivity index (χ4v) is 4.46. The molecule has 3 aromatic rings. The number of halogens is 4. The number of benzene rings is 2. The molecular formula is C28H29ClF3N3O6. The first-order valence-electron chi connectivity index (χ1n) is 12.4. The molecule has 1 amide bonds. The zero-order chi connectivity index (χ0) is 30.2. The van der Waals surface area contributed by atoms with E-state index in [4.69, 9.17) is 36.7 Å². The third-order valence-electron chi connectivity index (χ3n) is 6.72. The highest BCUT2D eigenvalue weighted by Gasteiger charge is 2.57. The van der Waals surface area contributed by atoms with Crippen LogP contribution in [0.25, 0.3) is 11.3 Å². The molecule has 0 saturated carbocycles. The van der Waals surface area contributed by atoms with E-state index in [1.54, 1.807) is 26.0 Å². The summed E-state index contributed by atoms with van der Waals surface area (Å²) < 4.78 is 59.9. The maximum Gasteiger partial charge on any atom is 0.424 e. The molecule has 0 radical (unpaired) electrons. The number of hydrogen-bond donors (Lipinski definition) is 4. The Morgan fingerprint density at radius 3 is 2.59 bits per heavy atom. The van der Waals surface area contributed by atoms with Crippen molar-refractivity contribution in [1.29, 1.82) is 0 Å². The van der Waals surface area contributed by atoms with Gasteiger partial charge in [0.15, 0.2) is 17.2 Å². The number of hydrogen-bond acceptors (Lipinski definition) is 8. The number of aromatic nitrogens is 1. The van der Waals surface area contributed by atoms with Gasteiger partial charge in [0, 0.05) is 21.7 Å². The largest absolute Gasteiger partial charge is 0.493 e. The number of methoxy groups -OCH3 is 1. The zero-order valence-corrected chi connectivity index (χ0v) is 23.2. The average molecular weight is 596 g/mol. The number of aryl methyl sites for hydroxylation is 1. The highest BCUT2D eigenvalue weighted by atomic mass is 35.5. The molecular weight excluding hydrogens is 567 g/mol. The molecule has 0 bridgehead atoms. The Kier molecular flexibility index (Phi) is 8.42. The molecule has 2 heterocycles. The molecule has 41 heavy (non-hydrogen) atoms. The van der Waals surface area contributed by atoms with Crippen molar-refractivity contribution in [2.75, 3.05) is 33.5 Å². The molecule has 2 aromatic carbocycles. The summed E-state index contributed by atoms with van der Waals surface area (Å²) in [5.41, 5.74) is 2.06. The van der Waals surface area contributed by atoms with E-state index in [2.05, 4.69) is 10.3 Å². The summed E-state index contributed by atoms with van der Waals surface area (Å²) >= 11 is 6.27. The fourth-order valence-electron chi connectivity index (χ4n) is 4.28. The molecule has 0 spiro atoms. The van der Waals surface area contributed by atoms with Gasteiger partial charge < -0.3 is 35.5 Å². The maximum atomic E-state index is 14.5. The number of aliphatic hydroxyl groups excluding tert-OH is 1. The van der Waals surface area contributed by atoms with Crippen LogP contribution in [0.5, 0.6) is 17.2 Å². The van der Waals surface area contributed by atoms with E-state index in [1.807, 2.05) is 0 Å². The number of rotatable bonds is 9. The van der Waals surface area contributed by atoms with Gasteiger partial charge >= 0.3 is 6.18 Å². The first-order chi connectivity index (χ1) is 19.2. The molecule has 13 heteroatoms. The first-order valence-corrected chi connectivity index (χ1v) is 12.8. The topological polar surface area (TPSA) is 136 Å². The molecule has 1 aliphatic rings. The van der Waals surface area contributed by atoms with Crippen LogP contribution in [0, 0.1) is 6.92 Å². The van der Waals surface area contributed by atoms with Gasteiger partial charge in [-0.05, 0) is 49.7 Å². The van der Waals surface area contributed by atoms with Gasteiger partial charge in [0.2, 0.25) is 5.60 Å². The van der Waals surface area contributed by atoms with Gasteiger partial charge in [-0.1, -0.05) is 23.7 Å². The second-order valence-electron chi connectivity index (χ2n) is 9.88. The van der Waals surface area contributed by atoms with Crippen molar-refractivity contribution in [1.82, 2.24) is 10.3 Å². The summed E-state index contributed by atoms with van der Waals surface area (Å²) in [7, 11) is 1.32. The van der Waals surface area contributed by atoms with Crippen molar-refractivity contribution >= 4 is 17.5 Å². The van der Waals surface area contributed by atoms with Crippen LogP contribution in [-0.2, 0) is 11.1 Å². The quantitative estimate of drug-likeness (QED) is 0.293. The third kappa shape index (κ3) is 5.91. The summed E-state index contributed by atoms with van der Waals surface area (Å²) in [6.07, 6.45) is -5.26. The van der Waals surface area contributed by atoms with Crippen molar-refractivity contribution in [2.45, 2.75) is 31.2 Å². The summed E-state index contributed by atoms with van der Waals surface area (Å²) in [5.74, 6) is -0.384. The number of nitrogens with two attached hydrogens (primary N) is 1. The summed E-state index contributed by atoms with van der Waals surface area (Å²) in [6.45, 7) is 1.78. The molecule has 5 N–H and O–H groups in total. The molecule has 0 saturated heterocycles. The minimum absolute atomic E-state index is 0.0192.